The summed E-state index contributed by atoms with van der Waals surface area (Å²) in [5.74, 6) is 0. The third kappa shape index (κ3) is 3.56. The minimum Gasteiger partial charge on any atom is -0.381 e. The van der Waals surface area contributed by atoms with E-state index in [0.717, 1.165) is 35.2 Å². The number of nitrogens with zero attached hydrogens (tertiary/aromatic N) is 4. The number of carbonyl (C=O) groups is 1. The maximum Gasteiger partial charge on any atom is 0.325 e. The molecular formula is C24H23N5O2. The van der Waals surface area contributed by atoms with Gasteiger partial charge >= 0.3 is 6.03 Å². The number of urea groups is 1. The number of aromatic amines is 1. The predicted molar refractivity (Wildman–Crippen MR) is 116 cm³/mol. The molecule has 1 aromatic heterocycles. The standard InChI is InChI=1S/C24H23N5O2/c25-13-18-2-1-3-19(12-18)16-29-23(30)28(17-24(29)8-10-31-11-9-24)22-6-4-20(5-7-22)21-14-26-27-15-21/h1-7,12,14-15H,8-11,16-17H2,(H,26,27). The van der Waals surface area contributed by atoms with Gasteiger partial charge in [-0.1, -0.05) is 24.3 Å². The van der Waals surface area contributed by atoms with Gasteiger partial charge in [-0.05, 0) is 48.2 Å². The van der Waals surface area contributed by atoms with Crippen LogP contribution in [0.3, 0.4) is 0 Å². The van der Waals surface area contributed by atoms with Gasteiger partial charge in [0.1, 0.15) is 0 Å². The molecule has 2 amide bonds. The lowest BCUT2D eigenvalue weighted by Gasteiger charge is -2.40. The zero-order chi connectivity index (χ0) is 21.3. The fourth-order valence-corrected chi connectivity index (χ4v) is 4.58. The molecule has 0 atom stereocenters. The highest BCUT2D eigenvalue weighted by atomic mass is 16.5. The number of carbonyl (C=O) groups excluding carboxylic acids is 1. The summed E-state index contributed by atoms with van der Waals surface area (Å²) in [7, 11) is 0. The average molecular weight is 413 g/mol. The molecule has 0 aliphatic carbocycles. The molecule has 7 nitrogen and oxygen atoms in total. The average Bonchev–Trinajstić information content (AvgIpc) is 3.44. The number of anilines is 1. The number of hydrogen-bond donors (Lipinski definition) is 1. The van der Waals surface area contributed by atoms with Gasteiger partial charge < -0.3 is 9.64 Å². The highest BCUT2D eigenvalue weighted by molar-refractivity contribution is 5.95. The largest absolute Gasteiger partial charge is 0.381 e. The van der Waals surface area contributed by atoms with E-state index >= 15 is 0 Å². The third-order valence-corrected chi connectivity index (χ3v) is 6.32. The van der Waals surface area contributed by atoms with Crippen molar-refractivity contribution in [3.8, 4) is 17.2 Å². The first-order valence-electron chi connectivity index (χ1n) is 10.4. The van der Waals surface area contributed by atoms with E-state index in [1.54, 1.807) is 12.3 Å². The van der Waals surface area contributed by atoms with Crippen molar-refractivity contribution in [3.05, 3.63) is 72.1 Å². The van der Waals surface area contributed by atoms with Crippen LogP contribution >= 0.6 is 0 Å². The minimum absolute atomic E-state index is 0.000298. The molecule has 0 radical (unpaired) electrons. The zero-order valence-electron chi connectivity index (χ0n) is 17.1. The quantitative estimate of drug-likeness (QED) is 0.702. The van der Waals surface area contributed by atoms with Crippen molar-refractivity contribution in [2.24, 2.45) is 0 Å². The second-order valence-corrected chi connectivity index (χ2v) is 8.14. The molecule has 2 saturated heterocycles. The third-order valence-electron chi connectivity index (χ3n) is 6.32. The fourth-order valence-electron chi connectivity index (χ4n) is 4.58. The van der Waals surface area contributed by atoms with E-state index in [4.69, 9.17) is 4.74 Å². The number of nitriles is 1. The monoisotopic (exact) mass is 413 g/mol. The van der Waals surface area contributed by atoms with Gasteiger partial charge in [0, 0.05) is 37.2 Å². The fraction of sp³-hybridized carbons (Fsp3) is 0.292. The minimum atomic E-state index is -0.263. The van der Waals surface area contributed by atoms with E-state index in [2.05, 4.69) is 16.3 Å². The van der Waals surface area contributed by atoms with E-state index in [9.17, 15) is 10.1 Å². The van der Waals surface area contributed by atoms with Crippen molar-refractivity contribution in [1.82, 2.24) is 15.1 Å². The van der Waals surface area contributed by atoms with Crippen LogP contribution in [0, 0.1) is 11.3 Å². The molecule has 3 heterocycles. The maximum absolute atomic E-state index is 13.6. The van der Waals surface area contributed by atoms with Crippen LogP contribution in [0.4, 0.5) is 10.5 Å². The Morgan fingerprint density at radius 2 is 1.94 bits per heavy atom. The lowest BCUT2D eigenvalue weighted by Crippen LogP contribution is -2.50. The predicted octanol–water partition coefficient (Wildman–Crippen LogP) is 3.94. The van der Waals surface area contributed by atoms with Crippen LogP contribution in [-0.2, 0) is 11.3 Å². The zero-order valence-corrected chi connectivity index (χ0v) is 17.1. The first-order valence-corrected chi connectivity index (χ1v) is 10.4. The summed E-state index contributed by atoms with van der Waals surface area (Å²) in [6.07, 6.45) is 5.24. The molecule has 0 bridgehead atoms. The Labute approximate surface area is 180 Å². The Bertz CT molecular complexity index is 1110. The molecule has 0 unspecified atom stereocenters. The van der Waals surface area contributed by atoms with Crippen LogP contribution in [0.15, 0.2) is 60.9 Å². The molecule has 3 aromatic rings. The van der Waals surface area contributed by atoms with Gasteiger partial charge in [0.25, 0.3) is 0 Å². The first-order chi connectivity index (χ1) is 15.2. The second kappa shape index (κ2) is 7.89. The number of rotatable bonds is 4. The summed E-state index contributed by atoms with van der Waals surface area (Å²) in [5.41, 5.74) is 4.26. The molecule has 2 fully saturated rings. The van der Waals surface area contributed by atoms with Crippen LogP contribution in [0.2, 0.25) is 0 Å². The number of H-pyrrole nitrogens is 1. The van der Waals surface area contributed by atoms with E-state index in [0.29, 0.717) is 31.9 Å². The molecule has 2 aliphatic rings. The number of hydrogen-bond acceptors (Lipinski definition) is 4. The molecule has 156 valence electrons. The summed E-state index contributed by atoms with van der Waals surface area (Å²) in [6.45, 7) is 2.42. The Balaban J connectivity index is 1.44. The Morgan fingerprint density at radius 3 is 2.65 bits per heavy atom. The van der Waals surface area contributed by atoms with Gasteiger partial charge in [0.05, 0.1) is 29.9 Å². The molecule has 5 rings (SSSR count). The number of aromatic nitrogens is 2. The van der Waals surface area contributed by atoms with Crippen LogP contribution in [0.1, 0.15) is 24.0 Å². The first kappa shape index (κ1) is 19.3. The molecule has 1 spiro atoms. The summed E-state index contributed by atoms with van der Waals surface area (Å²) in [4.78, 5) is 17.4. The Morgan fingerprint density at radius 1 is 1.13 bits per heavy atom. The van der Waals surface area contributed by atoms with Crippen LogP contribution < -0.4 is 4.90 Å². The van der Waals surface area contributed by atoms with Crippen LogP contribution in [-0.4, -0.2) is 46.4 Å². The van der Waals surface area contributed by atoms with Gasteiger partial charge in [0.2, 0.25) is 0 Å². The normalized spacial score (nSPS) is 17.8. The van der Waals surface area contributed by atoms with Crippen molar-refractivity contribution in [2.45, 2.75) is 24.9 Å². The summed E-state index contributed by atoms with van der Waals surface area (Å²) in [5, 5.41) is 16.1. The van der Waals surface area contributed by atoms with Crippen molar-refractivity contribution < 1.29 is 9.53 Å². The van der Waals surface area contributed by atoms with Crippen molar-refractivity contribution >= 4 is 11.7 Å². The topological polar surface area (TPSA) is 85.3 Å². The van der Waals surface area contributed by atoms with Crippen LogP contribution in [0.5, 0.6) is 0 Å². The van der Waals surface area contributed by atoms with E-state index in [1.165, 1.54) is 0 Å². The number of benzene rings is 2. The SMILES string of the molecule is N#Cc1cccc(CN2C(=O)N(c3ccc(-c4cn[nH]c4)cc3)CC23CCOCC3)c1. The number of ether oxygens (including phenoxy) is 1. The molecule has 2 aliphatic heterocycles. The molecule has 2 aromatic carbocycles. The molecule has 0 saturated carbocycles. The van der Waals surface area contributed by atoms with E-state index in [-0.39, 0.29) is 11.6 Å². The van der Waals surface area contributed by atoms with Gasteiger partial charge in [-0.25, -0.2) is 4.79 Å². The molecule has 7 heteroatoms. The van der Waals surface area contributed by atoms with Crippen molar-refractivity contribution in [2.75, 3.05) is 24.7 Å². The van der Waals surface area contributed by atoms with Crippen LogP contribution in [0.25, 0.3) is 11.1 Å². The smallest absolute Gasteiger partial charge is 0.325 e. The van der Waals surface area contributed by atoms with Gasteiger partial charge in [-0.3, -0.25) is 10.00 Å². The van der Waals surface area contributed by atoms with E-state index < -0.39 is 0 Å². The van der Waals surface area contributed by atoms with Crippen molar-refractivity contribution in [3.63, 3.8) is 0 Å². The molecule has 31 heavy (non-hydrogen) atoms. The summed E-state index contributed by atoms with van der Waals surface area (Å²) >= 11 is 0. The Hall–Kier alpha value is -3.63. The second-order valence-electron chi connectivity index (χ2n) is 8.14. The lowest BCUT2D eigenvalue weighted by molar-refractivity contribution is 0.00611. The molecule has 1 N–H and O–H groups in total. The van der Waals surface area contributed by atoms with Gasteiger partial charge in [-0.15, -0.1) is 0 Å². The molecular weight excluding hydrogens is 390 g/mol. The maximum atomic E-state index is 13.6. The Kier molecular flexibility index (Phi) is 4.92. The number of nitrogens with one attached hydrogen (secondary N) is 1. The van der Waals surface area contributed by atoms with Crippen molar-refractivity contribution in [1.29, 1.82) is 5.26 Å². The highest BCUT2D eigenvalue weighted by Crippen LogP contribution is 2.39. The number of amides is 2. The van der Waals surface area contributed by atoms with Gasteiger partial charge in [-0.2, -0.15) is 10.4 Å². The summed E-state index contributed by atoms with van der Waals surface area (Å²) < 4.78 is 5.62. The summed E-state index contributed by atoms with van der Waals surface area (Å²) in [6, 6.07) is 17.7. The van der Waals surface area contributed by atoms with E-state index in [1.807, 2.05) is 58.5 Å². The lowest BCUT2D eigenvalue weighted by atomic mass is 9.88. The highest BCUT2D eigenvalue weighted by Gasteiger charge is 2.50. The van der Waals surface area contributed by atoms with Gasteiger partial charge in [0.15, 0.2) is 0 Å².